The maximum atomic E-state index is 11.8. The summed E-state index contributed by atoms with van der Waals surface area (Å²) >= 11 is 0. The summed E-state index contributed by atoms with van der Waals surface area (Å²) < 4.78 is 5.22. The van der Waals surface area contributed by atoms with Crippen LogP contribution >= 0.6 is 0 Å². The summed E-state index contributed by atoms with van der Waals surface area (Å²) in [6.07, 6.45) is 0.730. The van der Waals surface area contributed by atoms with Gasteiger partial charge in [-0.25, -0.2) is 9.59 Å². The van der Waals surface area contributed by atoms with Crippen LogP contribution in [0.2, 0.25) is 0 Å². The second-order valence-corrected chi connectivity index (χ2v) is 6.10. The summed E-state index contributed by atoms with van der Waals surface area (Å²) in [7, 11) is 0. The minimum atomic E-state index is -1.04. The van der Waals surface area contributed by atoms with Crippen molar-refractivity contribution >= 4 is 12.0 Å². The van der Waals surface area contributed by atoms with Gasteiger partial charge in [-0.05, 0) is 18.8 Å². The number of ether oxygens (including phenoxy) is 1. The second kappa shape index (κ2) is 5.14. The van der Waals surface area contributed by atoms with E-state index in [0.717, 1.165) is 6.42 Å². The molecule has 1 rings (SSSR count). The lowest BCUT2D eigenvalue weighted by Gasteiger charge is -2.30. The average Bonchev–Trinajstić information content (AvgIpc) is 2.59. The Balaban J connectivity index is 2.60. The Bertz CT molecular complexity index is 329. The average molecular weight is 258 g/mol. The summed E-state index contributed by atoms with van der Waals surface area (Å²) in [6.45, 7) is 8.25. The molecule has 3 N–H and O–H groups in total. The van der Waals surface area contributed by atoms with E-state index in [1.54, 1.807) is 20.8 Å². The highest BCUT2D eigenvalue weighted by Crippen LogP contribution is 2.20. The van der Waals surface area contributed by atoms with E-state index in [-0.39, 0.29) is 0 Å². The molecule has 104 valence electrons. The maximum Gasteiger partial charge on any atom is 0.326 e. The van der Waals surface area contributed by atoms with E-state index < -0.39 is 29.0 Å². The number of urea groups is 1. The molecule has 6 heteroatoms. The summed E-state index contributed by atoms with van der Waals surface area (Å²) in [6, 6.07) is -1.39. The standard InChI is InChI=1S/C12H22N2O4/c1-11(2,3)8(9(15)16)13-10(17)14-12(4)5-6-18-7-12/h8H,5-7H2,1-4H3,(H,15,16)(H2,13,14,17). The number of hydrogen-bond acceptors (Lipinski definition) is 3. The van der Waals surface area contributed by atoms with Gasteiger partial charge in [0, 0.05) is 6.61 Å². The first-order valence-corrected chi connectivity index (χ1v) is 6.03. The molecule has 0 aromatic carbocycles. The van der Waals surface area contributed by atoms with Gasteiger partial charge in [0.25, 0.3) is 0 Å². The van der Waals surface area contributed by atoms with E-state index in [1.165, 1.54) is 0 Å². The first-order valence-electron chi connectivity index (χ1n) is 6.03. The molecule has 1 fully saturated rings. The van der Waals surface area contributed by atoms with Crippen molar-refractivity contribution in [3.8, 4) is 0 Å². The van der Waals surface area contributed by atoms with E-state index in [4.69, 9.17) is 9.84 Å². The Kier molecular flexibility index (Phi) is 4.21. The smallest absolute Gasteiger partial charge is 0.326 e. The highest BCUT2D eigenvalue weighted by molar-refractivity contribution is 5.83. The van der Waals surface area contributed by atoms with E-state index in [1.807, 2.05) is 6.92 Å². The van der Waals surface area contributed by atoms with Gasteiger partial charge in [-0.2, -0.15) is 0 Å². The highest BCUT2D eigenvalue weighted by Gasteiger charge is 2.36. The summed E-state index contributed by atoms with van der Waals surface area (Å²) in [5.74, 6) is -1.04. The van der Waals surface area contributed by atoms with Gasteiger partial charge in [0.15, 0.2) is 0 Å². The first-order chi connectivity index (χ1) is 8.14. The number of carboxylic acids is 1. The van der Waals surface area contributed by atoms with Crippen LogP contribution in [0.25, 0.3) is 0 Å². The molecule has 18 heavy (non-hydrogen) atoms. The van der Waals surface area contributed by atoms with Crippen LogP contribution in [0.15, 0.2) is 0 Å². The fraction of sp³-hybridized carbons (Fsp3) is 0.833. The molecule has 1 saturated heterocycles. The monoisotopic (exact) mass is 258 g/mol. The van der Waals surface area contributed by atoms with Crippen LogP contribution < -0.4 is 10.6 Å². The molecular weight excluding hydrogens is 236 g/mol. The number of carboxylic acid groups (broad SMARTS) is 1. The fourth-order valence-electron chi connectivity index (χ4n) is 1.86. The topological polar surface area (TPSA) is 87.7 Å². The molecule has 0 aromatic heterocycles. The molecule has 1 heterocycles. The lowest BCUT2D eigenvalue weighted by molar-refractivity contribution is -0.141. The Morgan fingerprint density at radius 2 is 2.00 bits per heavy atom. The number of amides is 2. The van der Waals surface area contributed by atoms with Gasteiger partial charge in [0.1, 0.15) is 6.04 Å². The third-order valence-electron chi connectivity index (χ3n) is 3.02. The van der Waals surface area contributed by atoms with E-state index >= 15 is 0 Å². The molecular formula is C12H22N2O4. The van der Waals surface area contributed by atoms with Gasteiger partial charge in [0.05, 0.1) is 12.1 Å². The number of carbonyl (C=O) groups excluding carboxylic acids is 1. The second-order valence-electron chi connectivity index (χ2n) is 6.10. The summed E-state index contributed by atoms with van der Waals surface area (Å²) in [5, 5.41) is 14.4. The van der Waals surface area contributed by atoms with Crippen LogP contribution in [0.4, 0.5) is 4.79 Å². The van der Waals surface area contributed by atoms with Crippen LogP contribution in [0.5, 0.6) is 0 Å². The largest absolute Gasteiger partial charge is 0.480 e. The van der Waals surface area contributed by atoms with Gasteiger partial charge < -0.3 is 20.5 Å². The van der Waals surface area contributed by atoms with E-state index in [2.05, 4.69) is 10.6 Å². The Morgan fingerprint density at radius 3 is 2.39 bits per heavy atom. The maximum absolute atomic E-state index is 11.8. The molecule has 0 aliphatic carbocycles. The number of aliphatic carboxylic acids is 1. The van der Waals surface area contributed by atoms with Crippen molar-refractivity contribution in [2.75, 3.05) is 13.2 Å². The minimum absolute atomic E-state index is 0.412. The summed E-state index contributed by atoms with van der Waals surface area (Å²) in [4.78, 5) is 23.0. The fourth-order valence-corrected chi connectivity index (χ4v) is 1.86. The molecule has 6 nitrogen and oxygen atoms in total. The quantitative estimate of drug-likeness (QED) is 0.703. The molecule has 2 amide bonds. The molecule has 2 unspecified atom stereocenters. The first kappa shape index (κ1) is 14.8. The molecule has 0 aromatic rings. The Morgan fingerprint density at radius 1 is 1.39 bits per heavy atom. The van der Waals surface area contributed by atoms with Crippen molar-refractivity contribution in [2.24, 2.45) is 5.41 Å². The normalized spacial score (nSPS) is 25.6. The number of hydrogen-bond donors (Lipinski definition) is 3. The Hall–Kier alpha value is -1.30. The zero-order valence-electron chi connectivity index (χ0n) is 11.4. The molecule has 1 aliphatic rings. The van der Waals surface area contributed by atoms with Crippen molar-refractivity contribution < 1.29 is 19.4 Å². The third-order valence-corrected chi connectivity index (χ3v) is 3.02. The van der Waals surface area contributed by atoms with Crippen molar-refractivity contribution in [1.29, 1.82) is 0 Å². The molecule has 2 atom stereocenters. The number of nitrogens with one attached hydrogen (secondary N) is 2. The lowest BCUT2D eigenvalue weighted by Crippen LogP contribution is -2.57. The molecule has 0 saturated carbocycles. The molecule has 0 bridgehead atoms. The van der Waals surface area contributed by atoms with Crippen LogP contribution in [0.1, 0.15) is 34.1 Å². The number of rotatable bonds is 3. The van der Waals surface area contributed by atoms with Crippen molar-refractivity contribution in [3.05, 3.63) is 0 Å². The van der Waals surface area contributed by atoms with Crippen molar-refractivity contribution in [1.82, 2.24) is 10.6 Å². The van der Waals surface area contributed by atoms with Crippen LogP contribution in [-0.4, -0.2) is 41.9 Å². The van der Waals surface area contributed by atoms with Crippen molar-refractivity contribution in [3.63, 3.8) is 0 Å². The van der Waals surface area contributed by atoms with Crippen LogP contribution in [0, 0.1) is 5.41 Å². The zero-order valence-corrected chi connectivity index (χ0v) is 11.4. The van der Waals surface area contributed by atoms with Crippen LogP contribution in [0.3, 0.4) is 0 Å². The SMILES string of the molecule is CC1(NC(=O)NC(C(=O)O)C(C)(C)C)CCOC1. The van der Waals surface area contributed by atoms with Gasteiger partial charge in [-0.1, -0.05) is 20.8 Å². The van der Waals surface area contributed by atoms with E-state index in [0.29, 0.717) is 13.2 Å². The van der Waals surface area contributed by atoms with Crippen LogP contribution in [-0.2, 0) is 9.53 Å². The van der Waals surface area contributed by atoms with E-state index in [9.17, 15) is 9.59 Å². The highest BCUT2D eigenvalue weighted by atomic mass is 16.5. The predicted octanol–water partition coefficient (Wildman–Crippen LogP) is 0.964. The predicted molar refractivity (Wildman–Crippen MR) is 66.4 cm³/mol. The van der Waals surface area contributed by atoms with Crippen molar-refractivity contribution in [2.45, 2.75) is 45.7 Å². The van der Waals surface area contributed by atoms with Gasteiger partial charge in [-0.15, -0.1) is 0 Å². The Labute approximate surface area is 107 Å². The molecule has 1 aliphatic heterocycles. The minimum Gasteiger partial charge on any atom is -0.480 e. The van der Waals surface area contributed by atoms with Gasteiger partial charge in [0.2, 0.25) is 0 Å². The molecule has 0 radical (unpaired) electrons. The molecule has 0 spiro atoms. The lowest BCUT2D eigenvalue weighted by atomic mass is 9.87. The summed E-state index contributed by atoms with van der Waals surface area (Å²) in [5.41, 5.74) is -0.957. The van der Waals surface area contributed by atoms with Gasteiger partial charge >= 0.3 is 12.0 Å². The zero-order chi connectivity index (χ0) is 14.0. The third kappa shape index (κ3) is 3.87. The van der Waals surface area contributed by atoms with Gasteiger partial charge in [-0.3, -0.25) is 0 Å². The number of carbonyl (C=O) groups is 2.